The van der Waals surface area contributed by atoms with Crippen molar-refractivity contribution in [2.45, 2.75) is 6.18 Å². The van der Waals surface area contributed by atoms with E-state index in [9.17, 15) is 21.6 Å². The van der Waals surface area contributed by atoms with Crippen LogP contribution in [0.25, 0.3) is 0 Å². The number of hydrogen-bond acceptors (Lipinski definition) is 4. The number of nitrogens with two attached hydrogens (primary N) is 1. The van der Waals surface area contributed by atoms with Crippen molar-refractivity contribution in [1.29, 1.82) is 0 Å². The number of anilines is 1. The van der Waals surface area contributed by atoms with Crippen molar-refractivity contribution in [2.75, 3.05) is 29.5 Å². The van der Waals surface area contributed by atoms with E-state index in [-0.39, 0.29) is 35.1 Å². The Hall–Kier alpha value is -1.35. The number of sulfone groups is 1. The average molecular weight is 338 g/mol. The van der Waals surface area contributed by atoms with Gasteiger partial charge < -0.3 is 10.6 Å². The molecule has 0 bridgehead atoms. The van der Waals surface area contributed by atoms with Gasteiger partial charge in [0.25, 0.3) is 0 Å². The van der Waals surface area contributed by atoms with E-state index in [0.29, 0.717) is 5.69 Å². The Morgan fingerprint density at radius 1 is 1.24 bits per heavy atom. The van der Waals surface area contributed by atoms with Gasteiger partial charge in [-0.25, -0.2) is 8.42 Å². The van der Waals surface area contributed by atoms with Crippen molar-refractivity contribution < 1.29 is 21.6 Å². The van der Waals surface area contributed by atoms with Gasteiger partial charge in [-0.2, -0.15) is 13.2 Å². The van der Waals surface area contributed by atoms with E-state index in [2.05, 4.69) is 0 Å². The van der Waals surface area contributed by atoms with Crippen molar-refractivity contribution in [2.24, 2.45) is 5.73 Å². The standard InChI is InChI=1S/C12H13F3N2O2S2/c13-12(14,15)8-1-2-10(9(7-8)11(16)20)17-3-5-21(18,19)6-4-17/h1-2,7H,3-6H2,(H2,16,20). The van der Waals surface area contributed by atoms with Gasteiger partial charge in [0, 0.05) is 24.3 Å². The fraction of sp³-hybridized carbons (Fsp3) is 0.417. The number of thiocarbonyl (C=S) groups is 1. The molecule has 1 aromatic carbocycles. The predicted molar refractivity (Wildman–Crippen MR) is 78.2 cm³/mol. The van der Waals surface area contributed by atoms with Crippen molar-refractivity contribution >= 4 is 32.7 Å². The van der Waals surface area contributed by atoms with Crippen molar-refractivity contribution in [3.05, 3.63) is 29.3 Å². The first kappa shape index (κ1) is 16.0. The Morgan fingerprint density at radius 2 is 1.81 bits per heavy atom. The molecule has 116 valence electrons. The zero-order valence-electron chi connectivity index (χ0n) is 10.9. The quantitative estimate of drug-likeness (QED) is 0.830. The Morgan fingerprint density at radius 3 is 2.29 bits per heavy atom. The highest BCUT2D eigenvalue weighted by Crippen LogP contribution is 2.33. The van der Waals surface area contributed by atoms with Crippen LogP contribution in [0.5, 0.6) is 0 Å². The molecule has 1 heterocycles. The summed E-state index contributed by atoms with van der Waals surface area (Å²) in [6.45, 7) is 0.423. The lowest BCUT2D eigenvalue weighted by Gasteiger charge is -2.30. The predicted octanol–water partition coefficient (Wildman–Crippen LogP) is 1.57. The molecule has 0 aliphatic carbocycles. The summed E-state index contributed by atoms with van der Waals surface area (Å²) in [6.07, 6.45) is -4.48. The van der Waals surface area contributed by atoms with Crippen molar-refractivity contribution in [1.82, 2.24) is 0 Å². The summed E-state index contributed by atoms with van der Waals surface area (Å²) in [4.78, 5) is 1.54. The molecule has 1 aliphatic rings. The maximum absolute atomic E-state index is 12.7. The van der Waals surface area contributed by atoms with Crippen LogP contribution < -0.4 is 10.6 Å². The van der Waals surface area contributed by atoms with Crippen LogP contribution in [0.4, 0.5) is 18.9 Å². The van der Waals surface area contributed by atoms with Crippen molar-refractivity contribution in [3.8, 4) is 0 Å². The van der Waals surface area contributed by atoms with E-state index in [0.717, 1.165) is 12.1 Å². The average Bonchev–Trinajstić information content (AvgIpc) is 2.37. The smallest absolute Gasteiger partial charge is 0.389 e. The Balaban J connectivity index is 2.38. The summed E-state index contributed by atoms with van der Waals surface area (Å²) in [7, 11) is -3.07. The van der Waals surface area contributed by atoms with Crippen LogP contribution in [-0.2, 0) is 16.0 Å². The van der Waals surface area contributed by atoms with Gasteiger partial charge in [0.1, 0.15) is 4.99 Å². The maximum Gasteiger partial charge on any atom is 0.416 e. The SMILES string of the molecule is NC(=S)c1cc(C(F)(F)F)ccc1N1CCS(=O)(=O)CC1. The van der Waals surface area contributed by atoms with Gasteiger partial charge in [-0.05, 0) is 18.2 Å². The lowest BCUT2D eigenvalue weighted by molar-refractivity contribution is -0.137. The van der Waals surface area contributed by atoms with E-state index in [4.69, 9.17) is 18.0 Å². The molecule has 0 amide bonds. The van der Waals surface area contributed by atoms with Gasteiger partial charge in [0.2, 0.25) is 0 Å². The molecule has 0 radical (unpaired) electrons. The molecule has 1 fully saturated rings. The maximum atomic E-state index is 12.7. The number of alkyl halides is 3. The zero-order valence-corrected chi connectivity index (χ0v) is 12.5. The highest BCUT2D eigenvalue weighted by molar-refractivity contribution is 7.91. The largest absolute Gasteiger partial charge is 0.416 e. The van der Waals surface area contributed by atoms with Gasteiger partial charge in [0.15, 0.2) is 9.84 Å². The van der Waals surface area contributed by atoms with Crippen LogP contribution in [0.15, 0.2) is 18.2 Å². The second kappa shape index (κ2) is 5.45. The topological polar surface area (TPSA) is 63.4 Å². The van der Waals surface area contributed by atoms with Crippen LogP contribution >= 0.6 is 12.2 Å². The number of nitrogens with zero attached hydrogens (tertiary/aromatic N) is 1. The molecule has 0 saturated carbocycles. The third-order valence-corrected chi connectivity index (χ3v) is 5.10. The minimum atomic E-state index is -4.48. The fourth-order valence-corrected chi connectivity index (χ4v) is 3.50. The highest BCUT2D eigenvalue weighted by Gasteiger charge is 2.32. The summed E-state index contributed by atoms with van der Waals surface area (Å²) < 4.78 is 61.0. The minimum absolute atomic E-state index is 0.0369. The molecule has 1 saturated heterocycles. The van der Waals surface area contributed by atoms with Crippen LogP contribution in [0.1, 0.15) is 11.1 Å². The molecule has 0 aromatic heterocycles. The lowest BCUT2D eigenvalue weighted by Crippen LogP contribution is -2.41. The number of halogens is 3. The molecular weight excluding hydrogens is 325 g/mol. The molecule has 9 heteroatoms. The molecule has 1 aliphatic heterocycles. The molecule has 0 atom stereocenters. The summed E-state index contributed by atoms with van der Waals surface area (Å²) in [5, 5.41) is 0. The Kier molecular flexibility index (Phi) is 4.16. The van der Waals surface area contributed by atoms with Gasteiger partial charge in [-0.15, -0.1) is 0 Å². The number of hydrogen-bond donors (Lipinski definition) is 1. The molecular formula is C12H13F3N2O2S2. The minimum Gasteiger partial charge on any atom is -0.389 e. The Labute approximate surface area is 125 Å². The van der Waals surface area contributed by atoms with Gasteiger partial charge in [-0.3, -0.25) is 0 Å². The fourth-order valence-electron chi connectivity index (χ4n) is 2.14. The third-order valence-electron chi connectivity index (χ3n) is 3.27. The summed E-state index contributed by atoms with van der Waals surface area (Å²) in [5.41, 5.74) is 5.22. The molecule has 0 spiro atoms. The lowest BCUT2D eigenvalue weighted by atomic mass is 10.1. The van der Waals surface area contributed by atoms with Gasteiger partial charge in [-0.1, -0.05) is 12.2 Å². The second-order valence-corrected chi connectivity index (χ2v) is 7.48. The Bertz CT molecular complexity index is 658. The molecule has 1 aromatic rings. The molecule has 2 N–H and O–H groups in total. The molecule has 4 nitrogen and oxygen atoms in total. The second-order valence-electron chi connectivity index (χ2n) is 4.73. The molecule has 0 unspecified atom stereocenters. The van der Waals surface area contributed by atoms with Crippen LogP contribution in [-0.4, -0.2) is 38.0 Å². The van der Waals surface area contributed by atoms with Crippen LogP contribution in [0.2, 0.25) is 0 Å². The molecule has 2 rings (SSSR count). The number of rotatable bonds is 2. The summed E-state index contributed by atoms with van der Waals surface area (Å²) >= 11 is 4.81. The van der Waals surface area contributed by atoms with Crippen molar-refractivity contribution in [3.63, 3.8) is 0 Å². The first-order valence-electron chi connectivity index (χ1n) is 6.06. The van der Waals surface area contributed by atoms with Gasteiger partial charge in [0.05, 0.1) is 17.1 Å². The first-order chi connectivity index (χ1) is 9.60. The number of benzene rings is 1. The van der Waals surface area contributed by atoms with E-state index in [1.807, 2.05) is 0 Å². The zero-order chi connectivity index (χ0) is 15.8. The monoisotopic (exact) mass is 338 g/mol. The van der Waals surface area contributed by atoms with E-state index < -0.39 is 21.6 Å². The van der Waals surface area contributed by atoms with E-state index >= 15 is 0 Å². The summed E-state index contributed by atoms with van der Waals surface area (Å²) in [5.74, 6) is -0.0738. The highest BCUT2D eigenvalue weighted by atomic mass is 32.2. The molecule has 21 heavy (non-hydrogen) atoms. The van der Waals surface area contributed by atoms with Crippen LogP contribution in [0, 0.1) is 0 Å². The van der Waals surface area contributed by atoms with E-state index in [1.165, 1.54) is 6.07 Å². The third kappa shape index (κ3) is 3.65. The van der Waals surface area contributed by atoms with Crippen LogP contribution in [0.3, 0.4) is 0 Å². The van der Waals surface area contributed by atoms with E-state index in [1.54, 1.807) is 4.90 Å². The summed E-state index contributed by atoms with van der Waals surface area (Å²) in [6, 6.07) is 3.14. The first-order valence-corrected chi connectivity index (χ1v) is 8.29. The van der Waals surface area contributed by atoms with Gasteiger partial charge >= 0.3 is 6.18 Å². The normalized spacial score (nSPS) is 18.5.